The summed E-state index contributed by atoms with van der Waals surface area (Å²) < 4.78 is 29.0. The van der Waals surface area contributed by atoms with Crippen molar-refractivity contribution >= 4 is 19.7 Å². The Morgan fingerprint density at radius 1 is 1.60 bits per heavy atom. The van der Waals surface area contributed by atoms with E-state index in [1.54, 1.807) is 7.05 Å². The van der Waals surface area contributed by atoms with Crippen molar-refractivity contribution in [3.05, 3.63) is 11.9 Å². The van der Waals surface area contributed by atoms with Gasteiger partial charge in [-0.3, -0.25) is 4.68 Å². The molecule has 5 nitrogen and oxygen atoms in total. The number of aryl methyl sites for hydroxylation is 1. The van der Waals surface area contributed by atoms with Crippen LogP contribution in [0.5, 0.6) is 0 Å². The maximum absolute atomic E-state index is 11.2. The number of hydrogen-bond donors (Lipinski definition) is 0. The minimum Gasteiger partial charge on any atom is -0.372 e. The Labute approximate surface area is 93.4 Å². The van der Waals surface area contributed by atoms with Crippen molar-refractivity contribution in [3.63, 3.8) is 0 Å². The second-order valence-corrected chi connectivity index (χ2v) is 5.95. The van der Waals surface area contributed by atoms with Gasteiger partial charge in [0.2, 0.25) is 0 Å². The molecule has 0 saturated heterocycles. The van der Waals surface area contributed by atoms with Gasteiger partial charge in [0.1, 0.15) is 10.6 Å². The molecular formula is C8H13ClN2O3S. The molecule has 1 rings (SSSR count). The van der Waals surface area contributed by atoms with E-state index in [4.69, 9.17) is 15.4 Å². The summed E-state index contributed by atoms with van der Waals surface area (Å²) in [5.74, 6) is 0. The summed E-state index contributed by atoms with van der Waals surface area (Å²) in [5.41, 5.74) is 0.334. The van der Waals surface area contributed by atoms with Gasteiger partial charge in [0.15, 0.2) is 0 Å². The quantitative estimate of drug-likeness (QED) is 0.758. The van der Waals surface area contributed by atoms with E-state index in [9.17, 15) is 8.42 Å². The van der Waals surface area contributed by atoms with E-state index in [1.165, 1.54) is 10.9 Å². The Morgan fingerprint density at radius 2 is 2.20 bits per heavy atom. The molecule has 0 spiro atoms. The predicted octanol–water partition coefficient (Wildman–Crippen LogP) is 1.27. The minimum atomic E-state index is -3.75. The molecule has 0 aliphatic carbocycles. The van der Waals surface area contributed by atoms with Gasteiger partial charge in [-0.1, -0.05) is 0 Å². The van der Waals surface area contributed by atoms with Crippen molar-refractivity contribution in [3.8, 4) is 0 Å². The standard InChI is InChI=1S/C8H13ClN2O3S/c1-6(2)14-5-7-8(15(9,12)13)4-11(3)10-7/h4,6H,5H2,1-3H3. The van der Waals surface area contributed by atoms with E-state index in [0.717, 1.165) is 0 Å². The van der Waals surface area contributed by atoms with Crippen LogP contribution in [0.1, 0.15) is 19.5 Å². The number of rotatable bonds is 4. The Morgan fingerprint density at radius 3 is 2.67 bits per heavy atom. The lowest BCUT2D eigenvalue weighted by Gasteiger charge is -2.05. The van der Waals surface area contributed by atoms with Crippen LogP contribution < -0.4 is 0 Å². The summed E-state index contributed by atoms with van der Waals surface area (Å²) in [5, 5.41) is 3.98. The second kappa shape index (κ2) is 4.51. The lowest BCUT2D eigenvalue weighted by atomic mass is 10.4. The third-order valence-electron chi connectivity index (χ3n) is 1.68. The Hall–Kier alpha value is -0.590. The van der Waals surface area contributed by atoms with Crippen LogP contribution >= 0.6 is 10.7 Å². The molecule has 1 aromatic rings. The first-order valence-corrected chi connectivity index (χ1v) is 6.70. The molecule has 0 aliphatic heterocycles. The zero-order valence-electron chi connectivity index (χ0n) is 8.77. The molecule has 1 heterocycles. The van der Waals surface area contributed by atoms with E-state index >= 15 is 0 Å². The van der Waals surface area contributed by atoms with Crippen LogP contribution in [0.4, 0.5) is 0 Å². The van der Waals surface area contributed by atoms with Gasteiger partial charge in [-0.25, -0.2) is 8.42 Å². The molecule has 0 aromatic carbocycles. The maximum atomic E-state index is 11.2. The summed E-state index contributed by atoms with van der Waals surface area (Å²) in [6.45, 7) is 3.86. The first-order chi connectivity index (χ1) is 6.80. The van der Waals surface area contributed by atoms with Crippen molar-refractivity contribution < 1.29 is 13.2 Å². The van der Waals surface area contributed by atoms with Gasteiger partial charge in [-0.15, -0.1) is 0 Å². The zero-order chi connectivity index (χ0) is 11.6. The lowest BCUT2D eigenvalue weighted by molar-refractivity contribution is 0.0620. The monoisotopic (exact) mass is 252 g/mol. The SMILES string of the molecule is CC(C)OCc1nn(C)cc1S(=O)(=O)Cl. The van der Waals surface area contributed by atoms with Crippen LogP contribution in [-0.2, 0) is 27.4 Å². The molecule has 0 bridgehead atoms. The molecule has 0 fully saturated rings. The number of aromatic nitrogens is 2. The van der Waals surface area contributed by atoms with Crippen molar-refractivity contribution in [1.82, 2.24) is 9.78 Å². The van der Waals surface area contributed by atoms with Crippen LogP contribution in [0.2, 0.25) is 0 Å². The Bertz CT molecular complexity index is 439. The fourth-order valence-electron chi connectivity index (χ4n) is 1.06. The maximum Gasteiger partial charge on any atom is 0.264 e. The van der Waals surface area contributed by atoms with Crippen LogP contribution in [0.25, 0.3) is 0 Å². The molecule has 15 heavy (non-hydrogen) atoms. The first kappa shape index (κ1) is 12.5. The third-order valence-corrected chi connectivity index (χ3v) is 3.05. The average Bonchev–Trinajstić information content (AvgIpc) is 2.42. The smallest absolute Gasteiger partial charge is 0.264 e. The van der Waals surface area contributed by atoms with E-state index in [-0.39, 0.29) is 17.6 Å². The molecule has 0 N–H and O–H groups in total. The molecule has 0 radical (unpaired) electrons. The number of nitrogens with zero attached hydrogens (tertiary/aromatic N) is 2. The van der Waals surface area contributed by atoms with Crippen molar-refractivity contribution in [2.75, 3.05) is 0 Å². The van der Waals surface area contributed by atoms with Gasteiger partial charge >= 0.3 is 0 Å². The van der Waals surface area contributed by atoms with Crippen LogP contribution in [0.3, 0.4) is 0 Å². The lowest BCUT2D eigenvalue weighted by Crippen LogP contribution is -2.05. The summed E-state index contributed by atoms with van der Waals surface area (Å²) in [6.07, 6.45) is 1.37. The molecule has 86 valence electrons. The van der Waals surface area contributed by atoms with Gasteiger partial charge < -0.3 is 4.74 Å². The van der Waals surface area contributed by atoms with Crippen LogP contribution in [0.15, 0.2) is 11.1 Å². The zero-order valence-corrected chi connectivity index (χ0v) is 10.3. The highest BCUT2D eigenvalue weighted by Crippen LogP contribution is 2.19. The summed E-state index contributed by atoms with van der Waals surface area (Å²) in [7, 11) is 3.13. The molecule has 0 aliphatic rings. The largest absolute Gasteiger partial charge is 0.372 e. The molecule has 7 heteroatoms. The molecule has 1 aromatic heterocycles. The molecule has 0 unspecified atom stereocenters. The average molecular weight is 253 g/mol. The minimum absolute atomic E-state index is 0.00677. The van der Waals surface area contributed by atoms with Gasteiger partial charge in [-0.05, 0) is 13.8 Å². The van der Waals surface area contributed by atoms with Gasteiger partial charge in [-0.2, -0.15) is 5.10 Å². The van der Waals surface area contributed by atoms with E-state index in [2.05, 4.69) is 5.10 Å². The van der Waals surface area contributed by atoms with Gasteiger partial charge in [0, 0.05) is 23.9 Å². The Kier molecular flexibility index (Phi) is 3.75. The van der Waals surface area contributed by atoms with E-state index in [1.807, 2.05) is 13.8 Å². The molecule has 0 amide bonds. The van der Waals surface area contributed by atoms with E-state index < -0.39 is 9.05 Å². The first-order valence-electron chi connectivity index (χ1n) is 4.39. The van der Waals surface area contributed by atoms with Gasteiger partial charge in [0.05, 0.1) is 12.7 Å². The number of ether oxygens (including phenoxy) is 1. The topological polar surface area (TPSA) is 61.2 Å². The Balaban J connectivity index is 2.97. The van der Waals surface area contributed by atoms with Crippen LogP contribution in [-0.4, -0.2) is 24.3 Å². The number of hydrogen-bond acceptors (Lipinski definition) is 4. The van der Waals surface area contributed by atoms with Crippen molar-refractivity contribution in [1.29, 1.82) is 0 Å². The van der Waals surface area contributed by atoms with Crippen molar-refractivity contribution in [2.24, 2.45) is 7.05 Å². The highest BCUT2D eigenvalue weighted by atomic mass is 35.7. The molecular weight excluding hydrogens is 240 g/mol. The van der Waals surface area contributed by atoms with Crippen LogP contribution in [0, 0.1) is 0 Å². The fourth-order valence-corrected chi connectivity index (χ4v) is 2.11. The van der Waals surface area contributed by atoms with Gasteiger partial charge in [0.25, 0.3) is 9.05 Å². The second-order valence-electron chi connectivity index (χ2n) is 3.41. The fraction of sp³-hybridized carbons (Fsp3) is 0.625. The highest BCUT2D eigenvalue weighted by molar-refractivity contribution is 8.13. The summed E-state index contributed by atoms with van der Waals surface area (Å²) in [6, 6.07) is 0. The summed E-state index contributed by atoms with van der Waals surface area (Å²) in [4.78, 5) is 0.00677. The number of halogens is 1. The molecule has 0 atom stereocenters. The summed E-state index contributed by atoms with van der Waals surface area (Å²) >= 11 is 0. The molecule has 0 saturated carbocycles. The van der Waals surface area contributed by atoms with Crippen molar-refractivity contribution in [2.45, 2.75) is 31.5 Å². The van der Waals surface area contributed by atoms with E-state index in [0.29, 0.717) is 5.69 Å². The predicted molar refractivity (Wildman–Crippen MR) is 56.2 cm³/mol. The normalized spacial score (nSPS) is 12.3. The highest BCUT2D eigenvalue weighted by Gasteiger charge is 2.19. The third kappa shape index (κ3) is 3.48.